The zero-order chi connectivity index (χ0) is 14.4. The summed E-state index contributed by atoms with van der Waals surface area (Å²) >= 11 is 4.94. The highest BCUT2D eigenvalue weighted by Gasteiger charge is 2.10. The molecule has 1 aromatic carbocycles. The van der Waals surface area contributed by atoms with E-state index in [1.54, 1.807) is 21.9 Å². The third-order valence-electron chi connectivity index (χ3n) is 3.39. The Balaban J connectivity index is 1.79. The number of hydrogen-bond donors (Lipinski definition) is 0. The lowest BCUT2D eigenvalue weighted by Gasteiger charge is -2.04. The molecule has 6 heteroatoms. The first-order valence-electron chi connectivity index (χ1n) is 6.34. The Kier molecular flexibility index (Phi) is 3.01. The Hall–Kier alpha value is -1.79. The van der Waals surface area contributed by atoms with E-state index in [2.05, 4.69) is 38.0 Å². The van der Waals surface area contributed by atoms with Crippen molar-refractivity contribution < 1.29 is 4.39 Å². The molecule has 104 valence electrons. The Morgan fingerprint density at radius 3 is 3.05 bits per heavy atom. The summed E-state index contributed by atoms with van der Waals surface area (Å²) in [4.78, 5) is 8.44. The quantitative estimate of drug-likeness (QED) is 0.528. The van der Waals surface area contributed by atoms with E-state index in [1.165, 1.54) is 6.07 Å². The number of rotatable bonds is 2. The first-order valence-corrected chi connectivity index (χ1v) is 8.01. The minimum absolute atomic E-state index is 0.325. The number of aromatic nitrogens is 3. The second-order valence-corrected chi connectivity index (χ2v) is 6.58. The van der Waals surface area contributed by atoms with Crippen LogP contribution in [-0.4, -0.2) is 14.4 Å². The highest BCUT2D eigenvalue weighted by Crippen LogP contribution is 2.22. The molecule has 0 radical (unpaired) electrons. The molecule has 3 nitrogen and oxygen atoms in total. The number of fused-ring (bicyclic) bond motifs is 2. The monoisotopic (exact) mass is 361 g/mol. The Morgan fingerprint density at radius 2 is 2.14 bits per heavy atom. The summed E-state index contributed by atoms with van der Waals surface area (Å²) in [5, 5.41) is 0. The maximum Gasteiger partial charge on any atom is 0.173 e. The fraction of sp³-hybridized carbons (Fsp3) is 0.0667. The number of pyridine rings is 1. The van der Waals surface area contributed by atoms with Crippen molar-refractivity contribution in [2.24, 2.45) is 0 Å². The van der Waals surface area contributed by atoms with E-state index >= 15 is 0 Å². The van der Waals surface area contributed by atoms with Gasteiger partial charge in [0, 0.05) is 29.0 Å². The van der Waals surface area contributed by atoms with Crippen LogP contribution in [-0.2, 0) is 6.42 Å². The van der Waals surface area contributed by atoms with Gasteiger partial charge in [-0.25, -0.2) is 14.4 Å². The summed E-state index contributed by atoms with van der Waals surface area (Å²) < 4.78 is 17.5. The zero-order valence-electron chi connectivity index (χ0n) is 10.8. The lowest BCUT2D eigenvalue weighted by Crippen LogP contribution is -1.96. The molecule has 0 bridgehead atoms. The van der Waals surface area contributed by atoms with Gasteiger partial charge >= 0.3 is 0 Å². The van der Waals surface area contributed by atoms with Crippen LogP contribution in [0.3, 0.4) is 0 Å². The maximum atomic E-state index is 13.8. The summed E-state index contributed by atoms with van der Waals surface area (Å²) in [5.74, 6) is -0.325. The number of benzene rings is 1. The number of hydrogen-bond acceptors (Lipinski definition) is 3. The van der Waals surface area contributed by atoms with Crippen molar-refractivity contribution >= 4 is 43.1 Å². The summed E-state index contributed by atoms with van der Waals surface area (Å²) in [6, 6.07) is 7.62. The van der Waals surface area contributed by atoms with Crippen molar-refractivity contribution in [3.63, 3.8) is 0 Å². The molecule has 0 saturated carbocycles. The van der Waals surface area contributed by atoms with Gasteiger partial charge in [-0.05, 0) is 39.7 Å². The lowest BCUT2D eigenvalue weighted by molar-refractivity contribution is 0.628. The van der Waals surface area contributed by atoms with Crippen LogP contribution in [0.15, 0.2) is 46.6 Å². The van der Waals surface area contributed by atoms with Gasteiger partial charge in [0.05, 0.1) is 15.7 Å². The van der Waals surface area contributed by atoms with E-state index in [9.17, 15) is 4.39 Å². The second kappa shape index (κ2) is 4.89. The smallest absolute Gasteiger partial charge is 0.173 e. The summed E-state index contributed by atoms with van der Waals surface area (Å²) in [5.41, 5.74) is 5.32. The molecule has 21 heavy (non-hydrogen) atoms. The van der Waals surface area contributed by atoms with E-state index in [1.807, 2.05) is 17.8 Å². The van der Waals surface area contributed by atoms with E-state index < -0.39 is 0 Å². The highest BCUT2D eigenvalue weighted by atomic mass is 79.9. The van der Waals surface area contributed by atoms with Gasteiger partial charge in [-0.1, -0.05) is 6.07 Å². The van der Waals surface area contributed by atoms with Crippen molar-refractivity contribution in [2.75, 3.05) is 0 Å². The van der Waals surface area contributed by atoms with Gasteiger partial charge in [0.2, 0.25) is 0 Å². The number of halogens is 2. The van der Waals surface area contributed by atoms with Gasteiger partial charge in [-0.3, -0.25) is 0 Å². The predicted octanol–water partition coefficient (Wildman–Crippen LogP) is 4.44. The van der Waals surface area contributed by atoms with Gasteiger partial charge in [0.25, 0.3) is 0 Å². The highest BCUT2D eigenvalue weighted by molar-refractivity contribution is 9.10. The minimum Gasteiger partial charge on any atom is -0.300 e. The maximum absolute atomic E-state index is 13.8. The minimum atomic E-state index is -0.325. The number of nitrogens with zero attached hydrogens (tertiary/aromatic N) is 3. The van der Waals surface area contributed by atoms with E-state index in [0.717, 1.165) is 21.5 Å². The third-order valence-corrected chi connectivity index (χ3v) is 4.61. The van der Waals surface area contributed by atoms with Gasteiger partial charge in [-0.2, -0.15) is 0 Å². The van der Waals surface area contributed by atoms with Crippen LogP contribution in [0.5, 0.6) is 0 Å². The molecule has 0 spiro atoms. The van der Waals surface area contributed by atoms with E-state index in [-0.39, 0.29) is 5.82 Å². The van der Waals surface area contributed by atoms with Crippen molar-refractivity contribution in [2.45, 2.75) is 6.42 Å². The first kappa shape index (κ1) is 12.9. The van der Waals surface area contributed by atoms with Gasteiger partial charge < -0.3 is 4.40 Å². The van der Waals surface area contributed by atoms with Crippen LogP contribution in [0, 0.1) is 5.82 Å². The SMILES string of the molecule is Fc1cc(Br)cn2c(Cc3ccc4ncsc4c3)cnc12. The largest absolute Gasteiger partial charge is 0.300 e. The van der Waals surface area contributed by atoms with Gasteiger partial charge in [0.15, 0.2) is 11.5 Å². The molecule has 0 unspecified atom stereocenters. The molecule has 0 saturated heterocycles. The molecule has 3 aromatic heterocycles. The van der Waals surface area contributed by atoms with Crippen molar-refractivity contribution in [3.8, 4) is 0 Å². The van der Waals surface area contributed by atoms with Crippen molar-refractivity contribution in [1.29, 1.82) is 0 Å². The molecule has 4 rings (SSSR count). The molecule has 0 atom stereocenters. The Labute approximate surface area is 132 Å². The Bertz CT molecular complexity index is 960. The van der Waals surface area contributed by atoms with Crippen LogP contribution >= 0.6 is 27.3 Å². The third kappa shape index (κ3) is 2.24. The first-order chi connectivity index (χ1) is 10.2. The molecule has 0 aliphatic carbocycles. The molecular formula is C15H9BrFN3S. The van der Waals surface area contributed by atoms with Crippen molar-refractivity contribution in [1.82, 2.24) is 14.4 Å². The molecule has 0 aliphatic rings. The lowest BCUT2D eigenvalue weighted by atomic mass is 10.1. The normalized spacial score (nSPS) is 11.5. The average molecular weight is 362 g/mol. The average Bonchev–Trinajstić information content (AvgIpc) is 3.06. The Morgan fingerprint density at radius 1 is 1.24 bits per heavy atom. The van der Waals surface area contributed by atoms with Gasteiger partial charge in [-0.15, -0.1) is 11.3 Å². The molecule has 0 fully saturated rings. The molecule has 0 N–H and O–H groups in total. The van der Waals surface area contributed by atoms with E-state index in [0.29, 0.717) is 16.5 Å². The predicted molar refractivity (Wildman–Crippen MR) is 85.3 cm³/mol. The summed E-state index contributed by atoms with van der Waals surface area (Å²) in [7, 11) is 0. The summed E-state index contributed by atoms with van der Waals surface area (Å²) in [6.45, 7) is 0. The molecule has 0 amide bonds. The van der Waals surface area contributed by atoms with Crippen LogP contribution in [0.25, 0.3) is 15.9 Å². The van der Waals surface area contributed by atoms with Crippen molar-refractivity contribution in [3.05, 3.63) is 63.7 Å². The van der Waals surface area contributed by atoms with Gasteiger partial charge in [0.1, 0.15) is 0 Å². The molecular weight excluding hydrogens is 353 g/mol. The summed E-state index contributed by atoms with van der Waals surface area (Å²) in [6.07, 6.45) is 4.26. The van der Waals surface area contributed by atoms with Crippen LogP contribution in [0.4, 0.5) is 4.39 Å². The standard InChI is InChI=1S/C15H9BrFN3S/c16-10-5-12(17)15-18-6-11(20(15)7-10)3-9-1-2-13-14(4-9)21-8-19-13/h1-2,4-8H,3H2. The number of imidazole rings is 1. The fourth-order valence-corrected chi connectivity index (χ4v) is 3.56. The topological polar surface area (TPSA) is 30.2 Å². The molecule has 4 aromatic rings. The van der Waals surface area contributed by atoms with Crippen LogP contribution < -0.4 is 0 Å². The molecule has 0 aliphatic heterocycles. The second-order valence-electron chi connectivity index (χ2n) is 4.78. The zero-order valence-corrected chi connectivity index (χ0v) is 13.2. The molecule has 3 heterocycles. The van der Waals surface area contributed by atoms with Crippen LogP contribution in [0.2, 0.25) is 0 Å². The van der Waals surface area contributed by atoms with Crippen LogP contribution in [0.1, 0.15) is 11.3 Å². The van der Waals surface area contributed by atoms with E-state index in [4.69, 9.17) is 0 Å². The number of thiazole rings is 1. The fourth-order valence-electron chi connectivity index (χ4n) is 2.41.